The quantitative estimate of drug-likeness (QED) is 0.269. The van der Waals surface area contributed by atoms with Crippen LogP contribution in [0.1, 0.15) is 10.4 Å². The molecule has 0 aliphatic heterocycles. The Labute approximate surface area is 199 Å². The first-order valence-corrected chi connectivity index (χ1v) is 12.8. The molecule has 0 heterocycles. The number of hydrogen-bond donors (Lipinski definition) is 2. The van der Waals surface area contributed by atoms with Crippen molar-refractivity contribution >= 4 is 53.3 Å². The second kappa shape index (κ2) is 10.2. The first kappa shape index (κ1) is 22.4. The minimum atomic E-state index is -2.42. The number of carbonyl (C=O) groups is 1. The molecule has 0 saturated carbocycles. The highest BCUT2D eigenvalue weighted by molar-refractivity contribution is 7.99. The molecular formula is C27H22ClNOPS+. The van der Waals surface area contributed by atoms with E-state index in [-0.39, 0.29) is 5.91 Å². The van der Waals surface area contributed by atoms with Crippen LogP contribution >= 0.6 is 31.5 Å². The molecule has 0 saturated heterocycles. The van der Waals surface area contributed by atoms with Crippen LogP contribution in [0.15, 0.2) is 126 Å². The highest BCUT2D eigenvalue weighted by Gasteiger charge is 2.50. The average Bonchev–Trinajstić information content (AvgIpc) is 2.86. The summed E-state index contributed by atoms with van der Waals surface area (Å²) in [5, 5.41) is 8.91. The van der Waals surface area contributed by atoms with Crippen molar-refractivity contribution in [3.8, 4) is 0 Å². The molecule has 1 amide bonds. The van der Waals surface area contributed by atoms with Crippen molar-refractivity contribution in [1.82, 2.24) is 5.32 Å². The van der Waals surface area contributed by atoms with Crippen LogP contribution in [-0.4, -0.2) is 5.91 Å². The van der Waals surface area contributed by atoms with Crippen molar-refractivity contribution in [3.63, 3.8) is 0 Å². The van der Waals surface area contributed by atoms with Crippen LogP contribution in [0.3, 0.4) is 0 Å². The van der Waals surface area contributed by atoms with Gasteiger partial charge in [-0.05, 0) is 60.7 Å². The Balaban J connectivity index is 1.93. The summed E-state index contributed by atoms with van der Waals surface area (Å²) in [5.74, 6) is -0.200. The highest BCUT2D eigenvalue weighted by atomic mass is 35.5. The Morgan fingerprint density at radius 1 is 0.688 bits per heavy atom. The maximum absolute atomic E-state index is 13.3. The minimum Gasteiger partial charge on any atom is -0.292 e. The molecule has 158 valence electrons. The Morgan fingerprint density at radius 3 is 1.47 bits per heavy atom. The third kappa shape index (κ3) is 4.38. The molecule has 4 aromatic rings. The lowest BCUT2D eigenvalue weighted by atomic mass is 10.2. The van der Waals surface area contributed by atoms with Crippen LogP contribution in [0.5, 0.6) is 0 Å². The van der Waals surface area contributed by atoms with Gasteiger partial charge in [0.2, 0.25) is 0 Å². The van der Waals surface area contributed by atoms with E-state index in [0.717, 1.165) is 21.4 Å². The van der Waals surface area contributed by atoms with Crippen molar-refractivity contribution < 1.29 is 4.79 Å². The Bertz CT molecular complexity index is 1120. The molecule has 2 nitrogen and oxygen atoms in total. The standard InChI is InChI=1S/C27H21ClNOPS/c28-22-18-16-21(17-19-22)27(30)29-26(20-32)31(23-10-4-1-5-11-23,24-12-6-2-7-13-24)25-14-8-3-9-15-25/h1-20H,(H-,29,30,32)/p+1. The molecule has 0 bridgehead atoms. The molecule has 5 heteroatoms. The van der Waals surface area contributed by atoms with Gasteiger partial charge in [0.05, 0.1) is 0 Å². The van der Waals surface area contributed by atoms with E-state index in [2.05, 4.69) is 54.3 Å². The van der Waals surface area contributed by atoms with E-state index in [1.807, 2.05) is 54.6 Å². The smallest absolute Gasteiger partial charge is 0.258 e. The Kier molecular flexibility index (Phi) is 7.12. The minimum absolute atomic E-state index is 0.200. The summed E-state index contributed by atoms with van der Waals surface area (Å²) in [7, 11) is -2.42. The van der Waals surface area contributed by atoms with Crippen molar-refractivity contribution in [2.75, 3.05) is 0 Å². The number of hydrogen-bond acceptors (Lipinski definition) is 2. The van der Waals surface area contributed by atoms with Gasteiger partial charge < -0.3 is 0 Å². The lowest BCUT2D eigenvalue weighted by Crippen LogP contribution is -2.38. The van der Waals surface area contributed by atoms with Gasteiger partial charge in [0.25, 0.3) is 5.91 Å². The third-order valence-electron chi connectivity index (χ3n) is 5.26. The van der Waals surface area contributed by atoms with Crippen LogP contribution in [0.4, 0.5) is 0 Å². The molecule has 0 spiro atoms. The molecule has 4 aromatic carbocycles. The molecule has 0 unspecified atom stereocenters. The fourth-order valence-electron chi connectivity index (χ4n) is 3.81. The third-order valence-corrected chi connectivity index (χ3v) is 10.2. The monoisotopic (exact) mass is 474 g/mol. The molecule has 0 aliphatic rings. The zero-order valence-electron chi connectivity index (χ0n) is 17.2. The predicted molar refractivity (Wildman–Crippen MR) is 141 cm³/mol. The van der Waals surface area contributed by atoms with E-state index < -0.39 is 7.26 Å². The summed E-state index contributed by atoms with van der Waals surface area (Å²) in [5.41, 5.74) is 1.30. The van der Waals surface area contributed by atoms with Gasteiger partial charge in [-0.3, -0.25) is 10.1 Å². The number of rotatable bonds is 6. The van der Waals surface area contributed by atoms with Crippen molar-refractivity contribution in [3.05, 3.63) is 137 Å². The largest absolute Gasteiger partial charge is 0.292 e. The van der Waals surface area contributed by atoms with Crippen LogP contribution in [0, 0.1) is 0 Å². The molecular weight excluding hydrogens is 453 g/mol. The van der Waals surface area contributed by atoms with Crippen LogP contribution in [0.25, 0.3) is 0 Å². The lowest BCUT2D eigenvalue weighted by Gasteiger charge is -2.29. The zero-order valence-corrected chi connectivity index (χ0v) is 19.8. The summed E-state index contributed by atoms with van der Waals surface area (Å²) in [6, 6.07) is 37.9. The second-order valence-electron chi connectivity index (χ2n) is 7.15. The zero-order chi connectivity index (χ0) is 22.4. The maximum atomic E-state index is 13.3. The summed E-state index contributed by atoms with van der Waals surface area (Å²) >= 11 is 10.6. The molecule has 0 radical (unpaired) electrons. The van der Waals surface area contributed by atoms with Gasteiger partial charge >= 0.3 is 0 Å². The van der Waals surface area contributed by atoms with E-state index in [9.17, 15) is 4.79 Å². The van der Waals surface area contributed by atoms with Gasteiger partial charge in [0, 0.05) is 16.0 Å². The van der Waals surface area contributed by atoms with Crippen molar-refractivity contribution in [1.29, 1.82) is 0 Å². The number of thiol groups is 1. The average molecular weight is 475 g/mol. The van der Waals surface area contributed by atoms with E-state index in [1.165, 1.54) is 0 Å². The Morgan fingerprint density at radius 2 is 1.09 bits per heavy atom. The summed E-state index contributed by atoms with van der Waals surface area (Å²) in [6.07, 6.45) is 0. The van der Waals surface area contributed by atoms with Crippen molar-refractivity contribution in [2.24, 2.45) is 0 Å². The summed E-state index contributed by atoms with van der Waals surface area (Å²) in [6.45, 7) is 0. The number of nitrogens with one attached hydrogen (secondary N) is 1. The number of benzene rings is 4. The summed E-state index contributed by atoms with van der Waals surface area (Å²) < 4.78 is 0. The maximum Gasteiger partial charge on any atom is 0.258 e. The predicted octanol–water partition coefficient (Wildman–Crippen LogP) is 5.79. The molecule has 32 heavy (non-hydrogen) atoms. The van der Waals surface area contributed by atoms with Crippen molar-refractivity contribution in [2.45, 2.75) is 0 Å². The molecule has 0 aromatic heterocycles. The Hall–Kier alpha value is -2.84. The van der Waals surface area contributed by atoms with Gasteiger partial charge in [-0.15, -0.1) is 12.6 Å². The van der Waals surface area contributed by atoms with E-state index in [4.69, 9.17) is 11.6 Å². The fraction of sp³-hybridized carbons (Fsp3) is 0. The van der Waals surface area contributed by atoms with Crippen LogP contribution < -0.4 is 21.2 Å². The van der Waals surface area contributed by atoms with E-state index in [0.29, 0.717) is 10.6 Å². The molecule has 0 fully saturated rings. The van der Waals surface area contributed by atoms with Gasteiger partial charge in [-0.1, -0.05) is 66.2 Å². The highest BCUT2D eigenvalue weighted by Crippen LogP contribution is 2.61. The number of amides is 1. The van der Waals surface area contributed by atoms with Crippen LogP contribution in [0.2, 0.25) is 5.02 Å². The lowest BCUT2D eigenvalue weighted by molar-refractivity contribution is 0.0968. The normalized spacial score (nSPS) is 11.8. The molecule has 4 rings (SSSR count). The molecule has 0 atom stereocenters. The fourth-order valence-corrected chi connectivity index (χ4v) is 8.55. The first-order valence-electron chi connectivity index (χ1n) is 10.1. The van der Waals surface area contributed by atoms with Gasteiger partial charge in [0.15, 0.2) is 12.7 Å². The van der Waals surface area contributed by atoms with Gasteiger partial charge in [0.1, 0.15) is 15.9 Å². The molecule has 1 N–H and O–H groups in total. The first-order chi connectivity index (χ1) is 15.7. The second-order valence-corrected chi connectivity index (χ2v) is 11.2. The van der Waals surface area contributed by atoms with Gasteiger partial charge in [-0.2, -0.15) is 0 Å². The SMILES string of the molecule is O=C(NC(=CS)[P+](c1ccccc1)(c1ccccc1)c1ccccc1)c1ccc(Cl)cc1. The number of halogens is 1. The topological polar surface area (TPSA) is 29.1 Å². The summed E-state index contributed by atoms with van der Waals surface area (Å²) in [4.78, 5) is 13.3. The van der Waals surface area contributed by atoms with Crippen LogP contribution in [-0.2, 0) is 0 Å². The van der Waals surface area contributed by atoms with Gasteiger partial charge in [-0.25, -0.2) is 0 Å². The number of carbonyl (C=O) groups excluding carboxylic acids is 1. The molecule has 0 aliphatic carbocycles. The van der Waals surface area contributed by atoms with E-state index >= 15 is 0 Å². The van der Waals surface area contributed by atoms with E-state index in [1.54, 1.807) is 29.7 Å².